The Morgan fingerprint density at radius 1 is 1.15 bits per heavy atom. The summed E-state index contributed by atoms with van der Waals surface area (Å²) in [6, 6.07) is 7.90. The van der Waals surface area contributed by atoms with E-state index in [1.54, 1.807) is 35.9 Å². The quantitative estimate of drug-likeness (QED) is 0.420. The number of benzene rings is 1. The summed E-state index contributed by atoms with van der Waals surface area (Å²) in [6.45, 7) is 0. The Morgan fingerprint density at radius 2 is 1.88 bits per heavy atom. The van der Waals surface area contributed by atoms with Crippen molar-refractivity contribution in [3.05, 3.63) is 63.1 Å². The summed E-state index contributed by atoms with van der Waals surface area (Å²) in [6.07, 6.45) is -2.19. The van der Waals surface area contributed by atoms with Crippen LogP contribution >= 0.6 is 34.5 Å². The molecule has 0 spiro atoms. The molecule has 0 radical (unpaired) electrons. The van der Waals surface area contributed by atoms with E-state index in [1.165, 1.54) is 11.3 Å². The SMILES string of the molecule is FC(F)(F)c1cnc(-c2csc(N/N=C/c3ccc(Cl)cc3)n2)c(Cl)c1. The minimum atomic E-state index is -4.50. The largest absolute Gasteiger partial charge is 0.417 e. The summed E-state index contributed by atoms with van der Waals surface area (Å²) in [5, 5.41) is 6.62. The molecular weight excluding hydrogens is 408 g/mol. The Morgan fingerprint density at radius 3 is 2.54 bits per heavy atom. The van der Waals surface area contributed by atoms with Crippen LogP contribution in [0.1, 0.15) is 11.1 Å². The van der Waals surface area contributed by atoms with Crippen molar-refractivity contribution >= 4 is 45.9 Å². The van der Waals surface area contributed by atoms with Crippen LogP contribution in [0.2, 0.25) is 10.0 Å². The standard InChI is InChI=1S/C16H9Cl2F3N4S/c17-11-3-1-9(2-4-11)6-23-25-15-24-13(8-26-15)14-12(18)5-10(7-22-14)16(19,20)21/h1-8H,(H,24,25)/b23-6+. The van der Waals surface area contributed by atoms with Crippen molar-refractivity contribution in [3.8, 4) is 11.4 Å². The van der Waals surface area contributed by atoms with Gasteiger partial charge in [-0.15, -0.1) is 11.3 Å². The first-order valence-corrected chi connectivity index (χ1v) is 8.70. The average Bonchev–Trinajstić information content (AvgIpc) is 3.04. The lowest BCUT2D eigenvalue weighted by molar-refractivity contribution is -0.137. The van der Waals surface area contributed by atoms with Gasteiger partial charge < -0.3 is 0 Å². The summed E-state index contributed by atoms with van der Waals surface area (Å²) in [4.78, 5) is 8.00. The van der Waals surface area contributed by atoms with E-state index in [0.29, 0.717) is 15.8 Å². The van der Waals surface area contributed by atoms with Gasteiger partial charge in [0.2, 0.25) is 5.13 Å². The lowest BCUT2D eigenvalue weighted by atomic mass is 10.2. The zero-order chi connectivity index (χ0) is 18.7. The van der Waals surface area contributed by atoms with Gasteiger partial charge in [0.25, 0.3) is 0 Å². The third-order valence-electron chi connectivity index (χ3n) is 3.16. The molecule has 0 aliphatic rings. The van der Waals surface area contributed by atoms with E-state index in [0.717, 1.165) is 17.8 Å². The zero-order valence-electron chi connectivity index (χ0n) is 12.8. The molecule has 0 bridgehead atoms. The molecule has 26 heavy (non-hydrogen) atoms. The fraction of sp³-hybridized carbons (Fsp3) is 0.0625. The fourth-order valence-electron chi connectivity index (χ4n) is 1.93. The van der Waals surface area contributed by atoms with Gasteiger partial charge in [0, 0.05) is 16.6 Å². The fourth-order valence-corrected chi connectivity index (χ4v) is 2.96. The van der Waals surface area contributed by atoms with Crippen molar-refractivity contribution in [2.45, 2.75) is 6.18 Å². The van der Waals surface area contributed by atoms with E-state index >= 15 is 0 Å². The minimum Gasteiger partial charge on any atom is -0.253 e. The highest BCUT2D eigenvalue weighted by Gasteiger charge is 2.31. The Balaban J connectivity index is 1.72. The molecule has 4 nitrogen and oxygen atoms in total. The Labute approximate surface area is 160 Å². The molecule has 0 saturated carbocycles. The maximum absolute atomic E-state index is 12.7. The molecule has 0 aliphatic heterocycles. The van der Waals surface area contributed by atoms with Crippen LogP contribution in [0.5, 0.6) is 0 Å². The number of alkyl halides is 3. The van der Waals surface area contributed by atoms with Gasteiger partial charge in [-0.2, -0.15) is 18.3 Å². The Hall–Kier alpha value is -2.16. The maximum atomic E-state index is 12.7. The second-order valence-electron chi connectivity index (χ2n) is 5.01. The van der Waals surface area contributed by atoms with Gasteiger partial charge in [-0.3, -0.25) is 10.4 Å². The van der Waals surface area contributed by atoms with E-state index < -0.39 is 11.7 Å². The van der Waals surface area contributed by atoms with E-state index in [-0.39, 0.29) is 10.7 Å². The van der Waals surface area contributed by atoms with Gasteiger partial charge in [0.1, 0.15) is 11.4 Å². The molecule has 10 heteroatoms. The van der Waals surface area contributed by atoms with Crippen LogP contribution in [0.4, 0.5) is 18.3 Å². The first kappa shape index (κ1) is 18.6. The molecule has 3 aromatic rings. The van der Waals surface area contributed by atoms with Crippen molar-refractivity contribution in [2.24, 2.45) is 5.10 Å². The molecule has 0 atom stereocenters. The van der Waals surface area contributed by atoms with Crippen molar-refractivity contribution < 1.29 is 13.2 Å². The number of aromatic nitrogens is 2. The van der Waals surface area contributed by atoms with E-state index in [1.807, 2.05) is 0 Å². The van der Waals surface area contributed by atoms with Crippen LogP contribution in [0.3, 0.4) is 0 Å². The van der Waals surface area contributed by atoms with Gasteiger partial charge in [-0.05, 0) is 23.8 Å². The van der Waals surface area contributed by atoms with Gasteiger partial charge >= 0.3 is 6.18 Å². The van der Waals surface area contributed by atoms with Gasteiger partial charge in [-0.25, -0.2) is 4.98 Å². The Kier molecular flexibility index (Phi) is 5.45. The molecular formula is C16H9Cl2F3N4S. The second kappa shape index (κ2) is 7.61. The summed E-state index contributed by atoms with van der Waals surface area (Å²) in [5.41, 5.74) is 3.21. The number of anilines is 1. The minimum absolute atomic E-state index is 0.124. The van der Waals surface area contributed by atoms with Gasteiger partial charge in [0.05, 0.1) is 16.8 Å². The molecule has 0 fully saturated rings. The predicted molar refractivity (Wildman–Crippen MR) is 98.0 cm³/mol. The highest BCUT2D eigenvalue weighted by molar-refractivity contribution is 7.14. The number of hydrazone groups is 1. The van der Waals surface area contributed by atoms with Crippen LogP contribution in [-0.2, 0) is 6.18 Å². The van der Waals surface area contributed by atoms with Gasteiger partial charge in [0.15, 0.2) is 0 Å². The number of rotatable bonds is 4. The van der Waals surface area contributed by atoms with Crippen LogP contribution in [0.25, 0.3) is 11.4 Å². The van der Waals surface area contributed by atoms with E-state index in [9.17, 15) is 13.2 Å². The van der Waals surface area contributed by atoms with Gasteiger partial charge in [-0.1, -0.05) is 35.3 Å². The highest BCUT2D eigenvalue weighted by Crippen LogP contribution is 2.34. The summed E-state index contributed by atoms with van der Waals surface area (Å²) in [5.74, 6) is 0. The number of thiazole rings is 1. The van der Waals surface area contributed by atoms with Crippen LogP contribution in [0.15, 0.2) is 47.0 Å². The number of halogens is 5. The van der Waals surface area contributed by atoms with Crippen molar-refractivity contribution in [2.75, 3.05) is 5.43 Å². The third kappa shape index (κ3) is 4.51. The first-order valence-electron chi connectivity index (χ1n) is 7.06. The lowest BCUT2D eigenvalue weighted by Gasteiger charge is -2.07. The number of nitrogens with zero attached hydrogens (tertiary/aromatic N) is 3. The second-order valence-corrected chi connectivity index (χ2v) is 6.71. The van der Waals surface area contributed by atoms with Crippen molar-refractivity contribution in [3.63, 3.8) is 0 Å². The topological polar surface area (TPSA) is 50.2 Å². The van der Waals surface area contributed by atoms with Crippen molar-refractivity contribution in [1.29, 1.82) is 0 Å². The zero-order valence-corrected chi connectivity index (χ0v) is 15.1. The molecule has 0 saturated heterocycles. The summed E-state index contributed by atoms with van der Waals surface area (Å²) in [7, 11) is 0. The monoisotopic (exact) mass is 416 g/mol. The molecule has 134 valence electrons. The molecule has 3 rings (SSSR count). The summed E-state index contributed by atoms with van der Waals surface area (Å²) < 4.78 is 38.0. The molecule has 0 amide bonds. The number of hydrogen-bond donors (Lipinski definition) is 1. The summed E-state index contributed by atoms with van der Waals surface area (Å²) >= 11 is 12.9. The van der Waals surface area contributed by atoms with E-state index in [4.69, 9.17) is 23.2 Å². The average molecular weight is 417 g/mol. The third-order valence-corrected chi connectivity index (χ3v) is 4.45. The molecule has 2 heterocycles. The Bertz CT molecular complexity index is 939. The molecule has 1 aromatic carbocycles. The lowest BCUT2D eigenvalue weighted by Crippen LogP contribution is -2.05. The van der Waals surface area contributed by atoms with Crippen LogP contribution in [-0.4, -0.2) is 16.2 Å². The molecule has 0 aliphatic carbocycles. The highest BCUT2D eigenvalue weighted by atomic mass is 35.5. The van der Waals surface area contributed by atoms with Crippen LogP contribution in [0, 0.1) is 0 Å². The van der Waals surface area contributed by atoms with Crippen molar-refractivity contribution in [1.82, 2.24) is 9.97 Å². The molecule has 1 N–H and O–H groups in total. The normalized spacial score (nSPS) is 11.9. The molecule has 2 aromatic heterocycles. The molecule has 0 unspecified atom stereocenters. The number of nitrogens with one attached hydrogen (secondary N) is 1. The van der Waals surface area contributed by atoms with E-state index in [2.05, 4.69) is 20.5 Å². The smallest absolute Gasteiger partial charge is 0.253 e. The first-order chi connectivity index (χ1) is 12.3. The predicted octanol–water partition coefficient (Wildman–Crippen LogP) is 5.98. The van der Waals surface area contributed by atoms with Crippen LogP contribution < -0.4 is 5.43 Å². The number of hydrogen-bond acceptors (Lipinski definition) is 5. The number of pyridine rings is 1. The maximum Gasteiger partial charge on any atom is 0.417 e.